The van der Waals surface area contributed by atoms with Crippen LogP contribution < -0.4 is 19.7 Å². The van der Waals surface area contributed by atoms with Crippen molar-refractivity contribution in [1.29, 1.82) is 0 Å². The number of methoxy groups -OCH3 is 2. The third kappa shape index (κ3) is 3.79. The van der Waals surface area contributed by atoms with Crippen LogP contribution in [0.4, 0.5) is 5.69 Å². The molecule has 26 heavy (non-hydrogen) atoms. The molecule has 1 aliphatic heterocycles. The topological polar surface area (TPSA) is 67.9 Å². The zero-order valence-corrected chi connectivity index (χ0v) is 15.0. The highest BCUT2D eigenvalue weighted by Gasteiger charge is 2.25. The number of fused-ring (bicyclic) bond motifs is 1. The van der Waals surface area contributed by atoms with Gasteiger partial charge in [-0.15, -0.1) is 0 Å². The van der Waals surface area contributed by atoms with Gasteiger partial charge in [0, 0.05) is 18.8 Å². The molecule has 1 aliphatic rings. The van der Waals surface area contributed by atoms with Crippen molar-refractivity contribution in [3.8, 4) is 11.5 Å². The summed E-state index contributed by atoms with van der Waals surface area (Å²) < 4.78 is 10.4. The molecule has 0 bridgehead atoms. The molecule has 2 aromatic carbocycles. The van der Waals surface area contributed by atoms with Gasteiger partial charge in [0.05, 0.1) is 14.2 Å². The fourth-order valence-electron chi connectivity index (χ4n) is 3.08. The Bertz CT molecular complexity index is 819. The van der Waals surface area contributed by atoms with Crippen LogP contribution in [0.1, 0.15) is 17.5 Å². The van der Waals surface area contributed by atoms with Gasteiger partial charge in [0.1, 0.15) is 6.42 Å². The lowest BCUT2D eigenvalue weighted by Crippen LogP contribution is -2.34. The van der Waals surface area contributed by atoms with Crippen LogP contribution in [-0.2, 0) is 22.6 Å². The van der Waals surface area contributed by atoms with Gasteiger partial charge in [-0.2, -0.15) is 0 Å². The second kappa shape index (κ2) is 7.91. The molecule has 0 radical (unpaired) electrons. The van der Waals surface area contributed by atoms with Crippen LogP contribution in [0.25, 0.3) is 0 Å². The smallest absolute Gasteiger partial charge is 0.236 e. The second-order valence-electron chi connectivity index (χ2n) is 6.07. The fraction of sp³-hybridized carbons (Fsp3) is 0.300. The molecule has 1 heterocycles. The molecule has 2 amide bonds. The highest BCUT2D eigenvalue weighted by atomic mass is 16.5. The van der Waals surface area contributed by atoms with Crippen molar-refractivity contribution < 1.29 is 19.1 Å². The normalized spacial score (nSPS) is 12.5. The molecular weight excluding hydrogens is 332 g/mol. The molecule has 6 nitrogen and oxygen atoms in total. The molecule has 0 aromatic heterocycles. The molecule has 0 saturated heterocycles. The first-order valence-corrected chi connectivity index (χ1v) is 8.48. The third-order valence-corrected chi connectivity index (χ3v) is 4.44. The molecule has 0 aliphatic carbocycles. The van der Waals surface area contributed by atoms with E-state index in [1.165, 1.54) is 0 Å². The van der Waals surface area contributed by atoms with Gasteiger partial charge in [-0.05, 0) is 35.7 Å². The van der Waals surface area contributed by atoms with Crippen molar-refractivity contribution in [1.82, 2.24) is 5.32 Å². The summed E-state index contributed by atoms with van der Waals surface area (Å²) in [5.41, 5.74) is 2.92. The van der Waals surface area contributed by atoms with E-state index >= 15 is 0 Å². The van der Waals surface area contributed by atoms with Crippen molar-refractivity contribution in [2.45, 2.75) is 19.4 Å². The molecule has 3 rings (SSSR count). The molecule has 0 fully saturated rings. The standard InChI is InChI=1S/C20H22N2O4/c1-25-17-8-7-14(11-18(17)26-2)13-21-19(23)12-20(24)22-10-9-15-5-3-4-6-16(15)22/h3-8,11H,9-10,12-13H2,1-2H3,(H,21,23). The average Bonchev–Trinajstić information content (AvgIpc) is 3.10. The first kappa shape index (κ1) is 17.8. The predicted molar refractivity (Wildman–Crippen MR) is 98.5 cm³/mol. The van der Waals surface area contributed by atoms with E-state index in [4.69, 9.17) is 9.47 Å². The summed E-state index contributed by atoms with van der Waals surface area (Å²) in [6.07, 6.45) is 0.663. The number of hydrogen-bond acceptors (Lipinski definition) is 4. The monoisotopic (exact) mass is 354 g/mol. The Labute approximate surface area is 152 Å². The first-order valence-electron chi connectivity index (χ1n) is 8.48. The van der Waals surface area contributed by atoms with Gasteiger partial charge in [-0.3, -0.25) is 9.59 Å². The molecule has 2 aromatic rings. The van der Waals surface area contributed by atoms with Gasteiger partial charge in [0.15, 0.2) is 11.5 Å². The number of carbonyl (C=O) groups excluding carboxylic acids is 2. The Hall–Kier alpha value is -3.02. The summed E-state index contributed by atoms with van der Waals surface area (Å²) in [6, 6.07) is 13.2. The van der Waals surface area contributed by atoms with Crippen LogP contribution in [0.3, 0.4) is 0 Å². The summed E-state index contributed by atoms with van der Waals surface area (Å²) >= 11 is 0. The van der Waals surface area contributed by atoms with Crippen molar-refractivity contribution in [3.63, 3.8) is 0 Å². The minimum absolute atomic E-state index is 0.165. The lowest BCUT2D eigenvalue weighted by atomic mass is 10.2. The zero-order chi connectivity index (χ0) is 18.5. The fourth-order valence-corrected chi connectivity index (χ4v) is 3.08. The van der Waals surface area contributed by atoms with Crippen molar-refractivity contribution >= 4 is 17.5 Å². The molecule has 1 N–H and O–H groups in total. The third-order valence-electron chi connectivity index (χ3n) is 4.44. The molecule has 6 heteroatoms. The quantitative estimate of drug-likeness (QED) is 0.809. The van der Waals surface area contributed by atoms with Gasteiger partial charge in [0.2, 0.25) is 11.8 Å². The van der Waals surface area contributed by atoms with E-state index in [0.717, 1.165) is 23.2 Å². The molecular formula is C20H22N2O4. The van der Waals surface area contributed by atoms with E-state index in [1.807, 2.05) is 30.3 Å². The molecule has 0 atom stereocenters. The largest absolute Gasteiger partial charge is 0.493 e. The summed E-state index contributed by atoms with van der Waals surface area (Å²) in [5.74, 6) is 0.753. The number of nitrogens with one attached hydrogen (secondary N) is 1. The molecule has 0 spiro atoms. The number of anilines is 1. The van der Waals surface area contributed by atoms with Crippen LogP contribution >= 0.6 is 0 Å². The summed E-state index contributed by atoms with van der Waals surface area (Å²) in [7, 11) is 3.13. The van der Waals surface area contributed by atoms with Crippen molar-refractivity contribution in [2.24, 2.45) is 0 Å². The summed E-state index contributed by atoms with van der Waals surface area (Å²) in [5, 5.41) is 2.78. The Morgan fingerprint density at radius 1 is 1.08 bits per heavy atom. The number of ether oxygens (including phenoxy) is 2. The highest BCUT2D eigenvalue weighted by Crippen LogP contribution is 2.28. The molecule has 0 saturated carbocycles. The van der Waals surface area contributed by atoms with Crippen LogP contribution in [0.5, 0.6) is 11.5 Å². The maximum Gasteiger partial charge on any atom is 0.236 e. The minimum atomic E-state index is -0.297. The zero-order valence-electron chi connectivity index (χ0n) is 15.0. The predicted octanol–water partition coefficient (Wildman–Crippen LogP) is 2.30. The Morgan fingerprint density at radius 3 is 2.62 bits per heavy atom. The summed E-state index contributed by atoms with van der Waals surface area (Å²) in [6.45, 7) is 0.949. The van der Waals surface area contributed by atoms with Gasteiger partial charge in [0.25, 0.3) is 0 Å². The summed E-state index contributed by atoms with van der Waals surface area (Å²) in [4.78, 5) is 26.3. The Kier molecular flexibility index (Phi) is 5.41. The SMILES string of the molecule is COc1ccc(CNC(=O)CC(=O)N2CCc3ccccc32)cc1OC. The van der Waals surface area contributed by atoms with Gasteiger partial charge < -0.3 is 19.7 Å². The number of nitrogens with zero attached hydrogens (tertiary/aromatic N) is 1. The average molecular weight is 354 g/mol. The number of rotatable bonds is 6. The van der Waals surface area contributed by atoms with Crippen LogP contribution in [0.15, 0.2) is 42.5 Å². The van der Waals surface area contributed by atoms with Crippen molar-refractivity contribution in [2.75, 3.05) is 25.7 Å². The van der Waals surface area contributed by atoms with Gasteiger partial charge >= 0.3 is 0 Å². The van der Waals surface area contributed by atoms with E-state index in [1.54, 1.807) is 31.3 Å². The van der Waals surface area contributed by atoms with E-state index in [2.05, 4.69) is 5.32 Å². The van der Waals surface area contributed by atoms with E-state index in [9.17, 15) is 9.59 Å². The number of hydrogen-bond donors (Lipinski definition) is 1. The van der Waals surface area contributed by atoms with Crippen LogP contribution in [-0.4, -0.2) is 32.6 Å². The van der Waals surface area contributed by atoms with Crippen LogP contribution in [0.2, 0.25) is 0 Å². The van der Waals surface area contributed by atoms with E-state index in [0.29, 0.717) is 24.6 Å². The molecule has 136 valence electrons. The Morgan fingerprint density at radius 2 is 1.85 bits per heavy atom. The lowest BCUT2D eigenvalue weighted by molar-refractivity contribution is -0.128. The van der Waals surface area contributed by atoms with Crippen molar-refractivity contribution in [3.05, 3.63) is 53.6 Å². The van der Waals surface area contributed by atoms with Crippen LogP contribution in [0, 0.1) is 0 Å². The maximum atomic E-state index is 12.4. The second-order valence-corrected chi connectivity index (χ2v) is 6.07. The highest BCUT2D eigenvalue weighted by molar-refractivity contribution is 6.05. The molecule has 0 unspecified atom stereocenters. The van der Waals surface area contributed by atoms with Gasteiger partial charge in [-0.1, -0.05) is 24.3 Å². The number of carbonyl (C=O) groups is 2. The number of para-hydroxylation sites is 1. The van der Waals surface area contributed by atoms with E-state index in [-0.39, 0.29) is 18.2 Å². The van der Waals surface area contributed by atoms with E-state index < -0.39 is 0 Å². The number of amides is 2. The Balaban J connectivity index is 1.56. The first-order chi connectivity index (χ1) is 12.6. The maximum absolute atomic E-state index is 12.4. The van der Waals surface area contributed by atoms with Gasteiger partial charge in [-0.25, -0.2) is 0 Å². The minimum Gasteiger partial charge on any atom is -0.493 e. The number of benzene rings is 2. The lowest BCUT2D eigenvalue weighted by Gasteiger charge is -2.17.